The molecule has 1 aromatic rings. The molecule has 0 spiro atoms. The fourth-order valence-electron chi connectivity index (χ4n) is 2.14. The molecule has 0 aliphatic heterocycles. The van der Waals surface area contributed by atoms with Crippen LogP contribution in [0.25, 0.3) is 0 Å². The Labute approximate surface area is 102 Å². The summed E-state index contributed by atoms with van der Waals surface area (Å²) in [5, 5.41) is 1.08. The van der Waals surface area contributed by atoms with Crippen LogP contribution in [0.15, 0.2) is 24.3 Å². The summed E-state index contributed by atoms with van der Waals surface area (Å²) in [7, 11) is 0. The van der Waals surface area contributed by atoms with Crippen molar-refractivity contribution in [2.45, 2.75) is 30.0 Å². The first-order valence-electron chi connectivity index (χ1n) is 5.05. The van der Waals surface area contributed by atoms with E-state index in [2.05, 4.69) is 56.1 Å². The Morgan fingerprint density at radius 3 is 2.64 bits per heavy atom. The van der Waals surface area contributed by atoms with Gasteiger partial charge in [0.1, 0.15) is 0 Å². The molecule has 2 heteroatoms. The van der Waals surface area contributed by atoms with Gasteiger partial charge in [0.25, 0.3) is 0 Å². The van der Waals surface area contributed by atoms with Gasteiger partial charge in [-0.2, -0.15) is 0 Å². The maximum atomic E-state index is 3.90. The van der Waals surface area contributed by atoms with Gasteiger partial charge in [0.15, 0.2) is 0 Å². The Bertz CT molecular complexity index is 322. The van der Waals surface area contributed by atoms with E-state index >= 15 is 0 Å². The topological polar surface area (TPSA) is 0 Å². The van der Waals surface area contributed by atoms with Gasteiger partial charge >= 0.3 is 0 Å². The highest BCUT2D eigenvalue weighted by Crippen LogP contribution is 2.38. The molecule has 0 N–H and O–H groups in total. The zero-order valence-electron chi connectivity index (χ0n) is 8.10. The number of benzene rings is 1. The molecule has 0 fully saturated rings. The van der Waals surface area contributed by atoms with Crippen molar-refractivity contribution < 1.29 is 0 Å². The summed E-state index contributed by atoms with van der Waals surface area (Å²) >= 11 is 7.43. The highest BCUT2D eigenvalue weighted by Gasteiger charge is 2.30. The summed E-state index contributed by atoms with van der Waals surface area (Å²) in [6.45, 7) is 0. The summed E-state index contributed by atoms with van der Waals surface area (Å²) < 4.78 is 0.338. The molecule has 1 aliphatic rings. The first-order chi connectivity index (χ1) is 6.73. The van der Waals surface area contributed by atoms with Crippen molar-refractivity contribution in [1.82, 2.24) is 0 Å². The van der Waals surface area contributed by atoms with Crippen molar-refractivity contribution in [1.29, 1.82) is 0 Å². The number of alkyl halides is 2. The van der Waals surface area contributed by atoms with E-state index in [-0.39, 0.29) is 0 Å². The monoisotopic (exact) mass is 316 g/mol. The number of rotatable bonds is 2. The lowest BCUT2D eigenvalue weighted by atomic mass is 9.82. The SMILES string of the molecule is BrCCC1(Br)CCc2ccccc2C1. The summed E-state index contributed by atoms with van der Waals surface area (Å²) in [4.78, 5) is 0. The molecule has 0 saturated heterocycles. The molecule has 0 bridgehead atoms. The molecule has 0 radical (unpaired) electrons. The number of aryl methyl sites for hydroxylation is 1. The van der Waals surface area contributed by atoms with Crippen molar-refractivity contribution in [3.8, 4) is 0 Å². The van der Waals surface area contributed by atoms with Gasteiger partial charge in [-0.15, -0.1) is 0 Å². The van der Waals surface area contributed by atoms with Gasteiger partial charge < -0.3 is 0 Å². The second kappa shape index (κ2) is 4.36. The molecule has 2 rings (SSSR count). The Morgan fingerprint density at radius 1 is 1.21 bits per heavy atom. The summed E-state index contributed by atoms with van der Waals surface area (Å²) in [6.07, 6.45) is 4.86. The fraction of sp³-hybridized carbons (Fsp3) is 0.500. The molecule has 1 atom stereocenters. The van der Waals surface area contributed by atoms with E-state index in [0.717, 1.165) is 5.33 Å². The molecule has 1 aromatic carbocycles. The van der Waals surface area contributed by atoms with E-state index in [0.29, 0.717) is 4.32 Å². The largest absolute Gasteiger partial charge is 0.0928 e. The first-order valence-corrected chi connectivity index (χ1v) is 6.97. The van der Waals surface area contributed by atoms with Crippen molar-refractivity contribution >= 4 is 31.9 Å². The van der Waals surface area contributed by atoms with Crippen LogP contribution in [0.1, 0.15) is 24.0 Å². The third-order valence-corrected chi connectivity index (χ3v) is 4.48. The van der Waals surface area contributed by atoms with Gasteiger partial charge in [-0.1, -0.05) is 56.1 Å². The van der Waals surface area contributed by atoms with Gasteiger partial charge in [0, 0.05) is 9.65 Å². The summed E-state index contributed by atoms with van der Waals surface area (Å²) in [6, 6.07) is 8.81. The average molecular weight is 318 g/mol. The van der Waals surface area contributed by atoms with Crippen LogP contribution in [-0.4, -0.2) is 9.65 Å². The average Bonchev–Trinajstić information content (AvgIpc) is 2.17. The second-order valence-corrected chi connectivity index (χ2v) is 6.51. The Hall–Kier alpha value is 0.180. The summed E-state index contributed by atoms with van der Waals surface area (Å²) in [5.74, 6) is 0. The van der Waals surface area contributed by atoms with E-state index in [9.17, 15) is 0 Å². The molecular weight excluding hydrogens is 304 g/mol. The molecule has 0 amide bonds. The lowest BCUT2D eigenvalue weighted by Gasteiger charge is -2.32. The van der Waals surface area contributed by atoms with Gasteiger partial charge in [-0.25, -0.2) is 0 Å². The maximum Gasteiger partial charge on any atom is 0.0309 e. The van der Waals surface area contributed by atoms with E-state index in [1.165, 1.54) is 36.8 Å². The van der Waals surface area contributed by atoms with Crippen LogP contribution >= 0.6 is 31.9 Å². The quantitative estimate of drug-likeness (QED) is 0.721. The van der Waals surface area contributed by atoms with E-state index in [4.69, 9.17) is 0 Å². The number of halogens is 2. The number of hydrogen-bond acceptors (Lipinski definition) is 0. The Kier molecular flexibility index (Phi) is 3.33. The van der Waals surface area contributed by atoms with Crippen LogP contribution in [0.4, 0.5) is 0 Å². The Morgan fingerprint density at radius 2 is 1.93 bits per heavy atom. The maximum absolute atomic E-state index is 3.90. The smallest absolute Gasteiger partial charge is 0.0309 e. The molecule has 76 valence electrons. The third kappa shape index (κ3) is 2.22. The highest BCUT2D eigenvalue weighted by molar-refractivity contribution is 9.10. The zero-order chi connectivity index (χ0) is 10.0. The lowest BCUT2D eigenvalue weighted by Crippen LogP contribution is -2.29. The minimum atomic E-state index is 0.338. The molecular formula is C12H14Br2. The Balaban J connectivity index is 2.20. The zero-order valence-corrected chi connectivity index (χ0v) is 11.3. The van der Waals surface area contributed by atoms with Crippen molar-refractivity contribution in [3.05, 3.63) is 35.4 Å². The van der Waals surface area contributed by atoms with Crippen LogP contribution in [0.5, 0.6) is 0 Å². The minimum absolute atomic E-state index is 0.338. The summed E-state index contributed by atoms with van der Waals surface area (Å²) in [5.41, 5.74) is 3.06. The number of fused-ring (bicyclic) bond motifs is 1. The van der Waals surface area contributed by atoms with Gasteiger partial charge in [-0.3, -0.25) is 0 Å². The van der Waals surface area contributed by atoms with Crippen LogP contribution in [-0.2, 0) is 12.8 Å². The minimum Gasteiger partial charge on any atom is -0.0928 e. The van der Waals surface area contributed by atoms with Gasteiger partial charge in [0.2, 0.25) is 0 Å². The fourth-order valence-corrected chi connectivity index (χ4v) is 4.13. The van der Waals surface area contributed by atoms with Gasteiger partial charge in [-0.05, 0) is 36.8 Å². The molecule has 0 saturated carbocycles. The van der Waals surface area contributed by atoms with E-state index in [1.54, 1.807) is 0 Å². The van der Waals surface area contributed by atoms with Crippen LogP contribution in [0.3, 0.4) is 0 Å². The third-order valence-electron chi connectivity index (χ3n) is 3.01. The highest BCUT2D eigenvalue weighted by atomic mass is 79.9. The second-order valence-electron chi connectivity index (χ2n) is 4.04. The molecule has 0 aromatic heterocycles. The van der Waals surface area contributed by atoms with Crippen LogP contribution in [0.2, 0.25) is 0 Å². The molecule has 0 heterocycles. The van der Waals surface area contributed by atoms with Crippen LogP contribution in [0, 0.1) is 0 Å². The van der Waals surface area contributed by atoms with Crippen molar-refractivity contribution in [2.24, 2.45) is 0 Å². The van der Waals surface area contributed by atoms with Crippen molar-refractivity contribution in [3.63, 3.8) is 0 Å². The lowest BCUT2D eigenvalue weighted by molar-refractivity contribution is 0.510. The van der Waals surface area contributed by atoms with E-state index in [1.807, 2.05) is 0 Å². The first kappa shape index (κ1) is 10.7. The predicted molar refractivity (Wildman–Crippen MR) is 68.5 cm³/mol. The number of hydrogen-bond donors (Lipinski definition) is 0. The van der Waals surface area contributed by atoms with Crippen molar-refractivity contribution in [2.75, 3.05) is 5.33 Å². The van der Waals surface area contributed by atoms with Gasteiger partial charge in [0.05, 0.1) is 0 Å². The normalized spacial score (nSPS) is 25.9. The predicted octanol–water partition coefficient (Wildman–Crippen LogP) is 4.09. The molecule has 0 nitrogen and oxygen atoms in total. The molecule has 14 heavy (non-hydrogen) atoms. The van der Waals surface area contributed by atoms with E-state index < -0.39 is 0 Å². The van der Waals surface area contributed by atoms with Crippen LogP contribution < -0.4 is 0 Å². The standard InChI is InChI=1S/C12H14Br2/c13-8-7-12(14)6-5-10-3-1-2-4-11(10)9-12/h1-4H,5-9H2. The molecule has 1 aliphatic carbocycles. The molecule has 1 unspecified atom stereocenters.